The lowest BCUT2D eigenvalue weighted by Crippen LogP contribution is -2.29. The van der Waals surface area contributed by atoms with Crippen molar-refractivity contribution in [3.63, 3.8) is 0 Å². The van der Waals surface area contributed by atoms with Gasteiger partial charge in [0.1, 0.15) is 12.4 Å². The van der Waals surface area contributed by atoms with E-state index >= 15 is 0 Å². The van der Waals surface area contributed by atoms with Gasteiger partial charge in [0.2, 0.25) is 5.91 Å². The molecule has 1 amide bonds. The zero-order valence-corrected chi connectivity index (χ0v) is 21.8. The largest absolute Gasteiger partial charge is 0.495 e. The van der Waals surface area contributed by atoms with Crippen LogP contribution in [0, 0.1) is 13.8 Å². The van der Waals surface area contributed by atoms with Gasteiger partial charge in [-0.05, 0) is 80.9 Å². The highest BCUT2D eigenvalue weighted by Crippen LogP contribution is 2.46. The molecule has 8 nitrogen and oxygen atoms in total. The topological polar surface area (TPSA) is 80.7 Å². The maximum Gasteiger partial charge on any atom is 0.250 e. The molecule has 0 bridgehead atoms. The van der Waals surface area contributed by atoms with E-state index in [2.05, 4.69) is 45.0 Å². The molecule has 2 fully saturated rings. The molecule has 1 aliphatic heterocycles. The van der Waals surface area contributed by atoms with E-state index in [-0.39, 0.29) is 24.6 Å². The number of hydrogen-bond acceptors (Lipinski definition) is 5. The van der Waals surface area contributed by atoms with Crippen LogP contribution in [-0.4, -0.2) is 41.4 Å². The first-order valence-corrected chi connectivity index (χ1v) is 12.5. The summed E-state index contributed by atoms with van der Waals surface area (Å²) < 4.78 is 12.9. The normalized spacial score (nSPS) is 19.3. The molecule has 2 unspecified atom stereocenters. The molecular weight excluding hydrogens is 474 g/mol. The number of nitrogens with one attached hydrogen (secondary N) is 2. The Labute approximate surface area is 216 Å². The van der Waals surface area contributed by atoms with Gasteiger partial charge in [-0.25, -0.2) is 0 Å². The van der Waals surface area contributed by atoms with Crippen LogP contribution in [0.1, 0.15) is 53.6 Å². The van der Waals surface area contributed by atoms with Crippen molar-refractivity contribution in [2.75, 3.05) is 31.0 Å². The molecule has 1 saturated carbocycles. The molecule has 3 aromatic rings. The second-order valence-electron chi connectivity index (χ2n) is 9.29. The molecule has 2 aliphatic rings. The maximum absolute atomic E-state index is 12.3. The Morgan fingerprint density at radius 2 is 2.00 bits per heavy atom. The van der Waals surface area contributed by atoms with E-state index in [0.717, 1.165) is 11.4 Å². The summed E-state index contributed by atoms with van der Waals surface area (Å²) in [5, 5.41) is 7.02. The summed E-state index contributed by atoms with van der Waals surface area (Å²) in [5.41, 5.74) is 6.04. The van der Waals surface area contributed by atoms with Gasteiger partial charge in [0.05, 0.1) is 30.6 Å². The van der Waals surface area contributed by atoms with Gasteiger partial charge in [-0.3, -0.25) is 9.78 Å². The molecule has 1 aromatic carbocycles. The molecule has 2 N–H and O–H groups in total. The number of aromatic nitrogens is 2. The predicted molar refractivity (Wildman–Crippen MR) is 144 cm³/mol. The van der Waals surface area contributed by atoms with Crippen LogP contribution in [0.25, 0.3) is 0 Å². The fourth-order valence-electron chi connectivity index (χ4n) is 5.21. The Kier molecular flexibility index (Phi) is 6.68. The Morgan fingerprint density at radius 3 is 2.67 bits per heavy atom. The highest BCUT2D eigenvalue weighted by molar-refractivity contribution is 7.80. The van der Waals surface area contributed by atoms with E-state index in [9.17, 15) is 4.79 Å². The SMILES string of the molecule is COCC(=O)Nc1cc(N2C(=S)NC(c3ccccn3)C2c2cc(C)n(C3CC3)c2C)ccc1OC. The average Bonchev–Trinajstić information content (AvgIpc) is 3.58. The molecular formula is C27H31N5O3S. The molecule has 3 heterocycles. The monoisotopic (exact) mass is 505 g/mol. The number of methoxy groups -OCH3 is 2. The van der Waals surface area contributed by atoms with Gasteiger partial charge >= 0.3 is 0 Å². The van der Waals surface area contributed by atoms with E-state index in [1.165, 1.54) is 36.9 Å². The van der Waals surface area contributed by atoms with Crippen LogP contribution in [0.5, 0.6) is 5.75 Å². The molecule has 1 aliphatic carbocycles. The second-order valence-corrected chi connectivity index (χ2v) is 9.68. The summed E-state index contributed by atoms with van der Waals surface area (Å²) in [6.45, 7) is 4.32. The number of rotatable bonds is 8. The van der Waals surface area contributed by atoms with E-state index in [0.29, 0.717) is 22.6 Å². The maximum atomic E-state index is 12.3. The highest BCUT2D eigenvalue weighted by Gasteiger charge is 2.43. The van der Waals surface area contributed by atoms with E-state index < -0.39 is 0 Å². The number of ether oxygens (including phenoxy) is 2. The first kappa shape index (κ1) is 24.3. The summed E-state index contributed by atoms with van der Waals surface area (Å²) in [7, 11) is 3.07. The third-order valence-corrected chi connectivity index (χ3v) is 7.18. The van der Waals surface area contributed by atoms with Gasteiger partial charge in [-0.15, -0.1) is 0 Å². The fraction of sp³-hybridized carbons (Fsp3) is 0.370. The average molecular weight is 506 g/mol. The van der Waals surface area contributed by atoms with Gasteiger partial charge < -0.3 is 29.6 Å². The number of thiocarbonyl (C=S) groups is 1. The summed E-state index contributed by atoms with van der Waals surface area (Å²) >= 11 is 5.90. The second kappa shape index (κ2) is 9.91. The third kappa shape index (κ3) is 4.44. The zero-order valence-electron chi connectivity index (χ0n) is 20.9. The Morgan fingerprint density at radius 1 is 1.19 bits per heavy atom. The minimum absolute atomic E-state index is 0.0470. The molecule has 1 saturated heterocycles. The molecule has 2 atom stereocenters. The predicted octanol–water partition coefficient (Wildman–Crippen LogP) is 4.61. The van der Waals surface area contributed by atoms with Crippen LogP contribution in [0.15, 0.2) is 48.7 Å². The van der Waals surface area contributed by atoms with Gasteiger partial charge in [0.25, 0.3) is 0 Å². The zero-order chi connectivity index (χ0) is 25.4. The molecule has 9 heteroatoms. The standard InChI is InChI=1S/C27H31N5O3S/c1-16-13-20(17(2)31(16)18-8-9-18)26-25(21-7-5-6-12-28-21)30-27(36)32(26)19-10-11-23(35-4)22(14-19)29-24(33)15-34-3/h5-7,10-14,18,25-26H,8-9,15H2,1-4H3,(H,29,33)(H,30,36). The first-order chi connectivity index (χ1) is 17.4. The van der Waals surface area contributed by atoms with Crippen molar-refractivity contribution in [3.8, 4) is 5.75 Å². The molecule has 5 rings (SSSR count). The lowest BCUT2D eigenvalue weighted by Gasteiger charge is -2.29. The smallest absolute Gasteiger partial charge is 0.250 e. The molecule has 0 radical (unpaired) electrons. The highest BCUT2D eigenvalue weighted by atomic mass is 32.1. The van der Waals surface area contributed by atoms with Crippen molar-refractivity contribution in [1.82, 2.24) is 14.9 Å². The Hall–Kier alpha value is -3.43. The van der Waals surface area contributed by atoms with Crippen LogP contribution in [0.3, 0.4) is 0 Å². The minimum Gasteiger partial charge on any atom is -0.495 e. The van der Waals surface area contributed by atoms with Crippen LogP contribution in [0.2, 0.25) is 0 Å². The lowest BCUT2D eigenvalue weighted by atomic mass is 9.96. The number of pyridine rings is 1. The number of carbonyl (C=O) groups is 1. The summed E-state index contributed by atoms with van der Waals surface area (Å²) in [5.74, 6) is 0.303. The van der Waals surface area contributed by atoms with Crippen LogP contribution < -0.4 is 20.3 Å². The third-order valence-electron chi connectivity index (χ3n) is 6.86. The van der Waals surface area contributed by atoms with Crippen molar-refractivity contribution >= 4 is 34.6 Å². The van der Waals surface area contributed by atoms with Crippen LogP contribution >= 0.6 is 12.2 Å². The van der Waals surface area contributed by atoms with Gasteiger partial charge in [-0.1, -0.05) is 6.07 Å². The Balaban J connectivity index is 1.61. The quantitative estimate of drug-likeness (QED) is 0.433. The van der Waals surface area contributed by atoms with Crippen molar-refractivity contribution in [2.24, 2.45) is 0 Å². The number of nitrogens with zero attached hydrogens (tertiary/aromatic N) is 3. The van der Waals surface area contributed by atoms with Crippen molar-refractivity contribution in [3.05, 3.63) is 71.3 Å². The summed E-state index contributed by atoms with van der Waals surface area (Å²) in [6, 6.07) is 14.2. The fourth-order valence-corrected chi connectivity index (χ4v) is 5.55. The number of amides is 1. The molecule has 188 valence electrons. The van der Waals surface area contributed by atoms with Crippen molar-refractivity contribution in [1.29, 1.82) is 0 Å². The van der Waals surface area contributed by atoms with E-state index in [1.54, 1.807) is 7.11 Å². The lowest BCUT2D eigenvalue weighted by molar-refractivity contribution is -0.119. The molecule has 2 aromatic heterocycles. The van der Waals surface area contributed by atoms with E-state index in [4.69, 9.17) is 21.7 Å². The van der Waals surface area contributed by atoms with Gasteiger partial charge in [0, 0.05) is 36.4 Å². The van der Waals surface area contributed by atoms with Crippen LogP contribution in [0.4, 0.5) is 11.4 Å². The summed E-state index contributed by atoms with van der Waals surface area (Å²) in [4.78, 5) is 19.1. The van der Waals surface area contributed by atoms with E-state index in [1.807, 2.05) is 42.6 Å². The number of carbonyl (C=O) groups excluding carboxylic acids is 1. The Bertz CT molecular complexity index is 1290. The number of aryl methyl sites for hydroxylation is 1. The van der Waals surface area contributed by atoms with Gasteiger partial charge in [0.15, 0.2) is 5.11 Å². The number of benzene rings is 1. The van der Waals surface area contributed by atoms with Crippen molar-refractivity contribution in [2.45, 2.75) is 44.8 Å². The minimum atomic E-state index is -0.258. The molecule has 36 heavy (non-hydrogen) atoms. The van der Waals surface area contributed by atoms with Crippen molar-refractivity contribution < 1.29 is 14.3 Å². The van der Waals surface area contributed by atoms with Gasteiger partial charge in [-0.2, -0.15) is 0 Å². The number of anilines is 2. The summed E-state index contributed by atoms with van der Waals surface area (Å²) in [6.07, 6.45) is 4.24. The number of hydrogen-bond donors (Lipinski definition) is 2. The van der Waals surface area contributed by atoms with Crippen LogP contribution in [-0.2, 0) is 9.53 Å². The first-order valence-electron chi connectivity index (χ1n) is 12.1. The molecule has 0 spiro atoms.